The van der Waals surface area contributed by atoms with Gasteiger partial charge < -0.3 is 0 Å². The van der Waals surface area contributed by atoms with Crippen LogP contribution in [0.2, 0.25) is 0 Å². The summed E-state index contributed by atoms with van der Waals surface area (Å²) in [5, 5.41) is 9.46. The van der Waals surface area contributed by atoms with Gasteiger partial charge >= 0.3 is 0 Å². The molecule has 1 unspecified atom stereocenters. The van der Waals surface area contributed by atoms with Crippen LogP contribution in [0.1, 0.15) is 39.7 Å². The summed E-state index contributed by atoms with van der Waals surface area (Å²) in [4.78, 5) is 25.5. The average molecular weight is 440 g/mol. The van der Waals surface area contributed by atoms with Crippen molar-refractivity contribution >= 4 is 27.7 Å². The number of benzene rings is 1. The molecule has 0 aliphatic carbocycles. The van der Waals surface area contributed by atoms with E-state index in [0.29, 0.717) is 0 Å². The molecule has 0 aliphatic heterocycles. The van der Waals surface area contributed by atoms with Gasteiger partial charge in [0.05, 0.1) is 11.8 Å². The number of hydrazine groups is 1. The Morgan fingerprint density at radius 2 is 1.70 bits per heavy atom. The molecule has 3 atom stereocenters. The monoisotopic (exact) mass is 439 g/mol. The Labute approximate surface area is 178 Å². The maximum Gasteiger partial charge on any atom is 0.249 e. The summed E-state index contributed by atoms with van der Waals surface area (Å²) in [6.45, 7) is 7.03. The molecule has 2 amide bonds. The number of nitrogens with one attached hydrogen (secondary N) is 2. The van der Waals surface area contributed by atoms with E-state index < -0.39 is 44.2 Å². The van der Waals surface area contributed by atoms with Crippen LogP contribution in [0.15, 0.2) is 36.4 Å². The highest BCUT2D eigenvalue weighted by Crippen LogP contribution is 2.42. The van der Waals surface area contributed by atoms with Crippen molar-refractivity contribution < 1.29 is 23.2 Å². The Kier molecular flexibility index (Phi) is 9.20. The number of hydrogen-bond acceptors (Lipinski definition) is 6. The first-order chi connectivity index (χ1) is 13.9. The van der Waals surface area contributed by atoms with E-state index in [1.165, 1.54) is 6.08 Å². The van der Waals surface area contributed by atoms with Gasteiger partial charge in [0.1, 0.15) is 4.75 Å². The number of hydroxylamine groups is 1. The lowest BCUT2D eigenvalue weighted by atomic mass is 9.71. The van der Waals surface area contributed by atoms with E-state index in [2.05, 4.69) is 0 Å². The molecule has 0 radical (unpaired) electrons. The van der Waals surface area contributed by atoms with Crippen molar-refractivity contribution in [2.75, 3.05) is 6.26 Å². The molecule has 1 aromatic rings. The molecule has 0 spiro atoms. The molecule has 0 heterocycles. The fourth-order valence-corrected chi connectivity index (χ4v) is 5.91. The third kappa shape index (κ3) is 5.68. The lowest BCUT2D eigenvalue weighted by Crippen LogP contribution is -2.59. The number of carbonyl (C=O) groups excluding carboxylic acids is 2. The summed E-state index contributed by atoms with van der Waals surface area (Å²) >= 11 is 0. The van der Waals surface area contributed by atoms with Gasteiger partial charge in [0.2, 0.25) is 11.8 Å². The van der Waals surface area contributed by atoms with E-state index in [0.717, 1.165) is 11.8 Å². The SMILES string of the molecule is CC(C)C[C@@H](C(=O)NN)[C@@H](C(=O)NO)C(/C=C/c1ccccc1)(C(C)C)S(C)(=O)=O. The zero-order chi connectivity index (χ0) is 23.1. The molecule has 9 heteroatoms. The Morgan fingerprint density at radius 3 is 2.10 bits per heavy atom. The molecule has 0 bridgehead atoms. The molecule has 168 valence electrons. The van der Waals surface area contributed by atoms with Gasteiger partial charge in [-0.1, -0.05) is 70.2 Å². The Hall–Kier alpha value is -2.23. The minimum absolute atomic E-state index is 0.0381. The minimum Gasteiger partial charge on any atom is -0.294 e. The molecule has 0 fully saturated rings. The molecule has 0 saturated heterocycles. The van der Waals surface area contributed by atoms with Crippen LogP contribution in [0.5, 0.6) is 0 Å². The third-order valence-corrected chi connectivity index (χ3v) is 7.51. The van der Waals surface area contributed by atoms with Crippen molar-refractivity contribution in [3.63, 3.8) is 0 Å². The van der Waals surface area contributed by atoms with Crippen molar-refractivity contribution in [2.24, 2.45) is 29.5 Å². The minimum atomic E-state index is -3.95. The second-order valence-corrected chi connectivity index (χ2v) is 10.5. The maximum absolute atomic E-state index is 13.2. The van der Waals surface area contributed by atoms with Gasteiger partial charge in [0.25, 0.3) is 0 Å². The van der Waals surface area contributed by atoms with Gasteiger partial charge in [-0.3, -0.25) is 20.2 Å². The van der Waals surface area contributed by atoms with Gasteiger partial charge in [-0.25, -0.2) is 19.7 Å². The highest BCUT2D eigenvalue weighted by atomic mass is 32.2. The molecular weight excluding hydrogens is 406 g/mol. The van der Waals surface area contributed by atoms with Crippen LogP contribution in [-0.2, 0) is 19.4 Å². The molecule has 0 aliphatic rings. The van der Waals surface area contributed by atoms with Gasteiger partial charge in [-0.2, -0.15) is 0 Å². The summed E-state index contributed by atoms with van der Waals surface area (Å²) < 4.78 is 24.6. The molecule has 8 nitrogen and oxygen atoms in total. The third-order valence-electron chi connectivity index (χ3n) is 5.37. The van der Waals surface area contributed by atoms with Crippen LogP contribution >= 0.6 is 0 Å². The number of amides is 2. The molecule has 30 heavy (non-hydrogen) atoms. The number of hydrogen-bond donors (Lipinski definition) is 4. The predicted octanol–water partition coefficient (Wildman–Crippen LogP) is 1.91. The summed E-state index contributed by atoms with van der Waals surface area (Å²) in [5.41, 5.74) is 4.35. The van der Waals surface area contributed by atoms with Gasteiger partial charge in [-0.15, -0.1) is 0 Å². The van der Waals surface area contributed by atoms with Crippen molar-refractivity contribution in [1.29, 1.82) is 0 Å². The summed E-state index contributed by atoms with van der Waals surface area (Å²) in [6.07, 6.45) is 4.31. The fraction of sp³-hybridized carbons (Fsp3) is 0.524. The summed E-state index contributed by atoms with van der Waals surface area (Å²) in [7, 11) is -3.95. The first kappa shape index (κ1) is 25.8. The first-order valence-corrected chi connectivity index (χ1v) is 11.7. The Balaban J connectivity index is 3.86. The molecule has 0 aromatic heterocycles. The quantitative estimate of drug-likeness (QED) is 0.190. The molecule has 1 aromatic carbocycles. The predicted molar refractivity (Wildman–Crippen MR) is 117 cm³/mol. The van der Waals surface area contributed by atoms with Crippen LogP contribution in [0.4, 0.5) is 0 Å². The second kappa shape index (κ2) is 10.7. The average Bonchev–Trinajstić information content (AvgIpc) is 2.68. The lowest BCUT2D eigenvalue weighted by molar-refractivity contribution is -0.142. The van der Waals surface area contributed by atoms with E-state index in [1.54, 1.807) is 49.7 Å². The van der Waals surface area contributed by atoms with E-state index in [9.17, 15) is 23.2 Å². The smallest absolute Gasteiger partial charge is 0.249 e. The van der Waals surface area contributed by atoms with E-state index >= 15 is 0 Å². The van der Waals surface area contributed by atoms with E-state index in [-0.39, 0.29) is 12.3 Å². The number of carbonyl (C=O) groups is 2. The summed E-state index contributed by atoms with van der Waals surface area (Å²) in [6, 6.07) is 9.03. The second-order valence-electron chi connectivity index (χ2n) is 8.22. The van der Waals surface area contributed by atoms with Crippen LogP contribution in [-0.4, -0.2) is 36.4 Å². The van der Waals surface area contributed by atoms with Crippen molar-refractivity contribution in [3.05, 3.63) is 42.0 Å². The van der Waals surface area contributed by atoms with Crippen LogP contribution in [0.25, 0.3) is 6.08 Å². The summed E-state index contributed by atoms with van der Waals surface area (Å²) in [5.74, 6) is 0.598. The highest BCUT2D eigenvalue weighted by Gasteiger charge is 2.56. The zero-order valence-electron chi connectivity index (χ0n) is 18.1. The molecule has 5 N–H and O–H groups in total. The first-order valence-electron chi connectivity index (χ1n) is 9.80. The topological polar surface area (TPSA) is 139 Å². The normalized spacial score (nSPS) is 16.3. The molecule has 1 rings (SSSR count). The van der Waals surface area contributed by atoms with Crippen LogP contribution < -0.4 is 16.7 Å². The van der Waals surface area contributed by atoms with Gasteiger partial charge in [0.15, 0.2) is 9.84 Å². The number of sulfone groups is 1. The number of rotatable bonds is 10. The fourth-order valence-electron chi connectivity index (χ4n) is 4.01. The van der Waals surface area contributed by atoms with Gasteiger partial charge in [0, 0.05) is 6.26 Å². The van der Waals surface area contributed by atoms with Crippen molar-refractivity contribution in [3.8, 4) is 0 Å². The van der Waals surface area contributed by atoms with Crippen LogP contribution in [0, 0.1) is 23.7 Å². The molecular formula is C21H33N3O5S. The lowest BCUT2D eigenvalue weighted by Gasteiger charge is -2.42. The zero-order valence-corrected chi connectivity index (χ0v) is 18.9. The Bertz CT molecular complexity index is 853. The van der Waals surface area contributed by atoms with Crippen LogP contribution in [0.3, 0.4) is 0 Å². The van der Waals surface area contributed by atoms with Crippen molar-refractivity contribution in [1.82, 2.24) is 10.9 Å². The largest absolute Gasteiger partial charge is 0.294 e. The van der Waals surface area contributed by atoms with E-state index in [1.807, 2.05) is 25.3 Å². The molecule has 0 saturated carbocycles. The Morgan fingerprint density at radius 1 is 1.13 bits per heavy atom. The maximum atomic E-state index is 13.2. The van der Waals surface area contributed by atoms with E-state index in [4.69, 9.17) is 5.84 Å². The standard InChI is InChI=1S/C21H33N3O5S/c1-14(2)13-17(19(25)23-22)18(20(26)24-27)21(15(3)4,30(5,28)29)12-11-16-9-7-6-8-10-16/h6-12,14-15,17-18,27H,13,22H2,1-5H3,(H,23,25)(H,24,26)/b12-11+/t17-,18+,21?/m1/s1. The highest BCUT2D eigenvalue weighted by molar-refractivity contribution is 7.92. The van der Waals surface area contributed by atoms with Gasteiger partial charge in [-0.05, 0) is 23.8 Å². The number of nitrogens with two attached hydrogens (primary N) is 1. The van der Waals surface area contributed by atoms with Crippen molar-refractivity contribution in [2.45, 2.75) is 38.9 Å².